The number of phenols is 1. The van der Waals surface area contributed by atoms with E-state index < -0.39 is 11.8 Å². The van der Waals surface area contributed by atoms with Crippen LogP contribution in [0.1, 0.15) is 79.5 Å². The molecular formula is C21H28O6. The van der Waals surface area contributed by atoms with Crippen LogP contribution in [0.5, 0.6) is 11.5 Å². The van der Waals surface area contributed by atoms with Crippen LogP contribution in [0.25, 0.3) is 0 Å². The second kappa shape index (κ2) is 7.32. The zero-order valence-electron chi connectivity index (χ0n) is 16.1. The summed E-state index contributed by atoms with van der Waals surface area (Å²) in [6.07, 6.45) is 7.38. The van der Waals surface area contributed by atoms with Gasteiger partial charge in [-0.1, -0.05) is 26.2 Å². The lowest BCUT2D eigenvalue weighted by Gasteiger charge is -2.44. The van der Waals surface area contributed by atoms with Crippen LogP contribution in [0.4, 0.5) is 0 Å². The van der Waals surface area contributed by atoms with Gasteiger partial charge in [-0.15, -0.1) is 0 Å². The molecule has 1 saturated heterocycles. The number of carbonyl (C=O) groups excluding carboxylic acids is 1. The van der Waals surface area contributed by atoms with Crippen molar-refractivity contribution in [1.29, 1.82) is 0 Å². The van der Waals surface area contributed by atoms with Gasteiger partial charge in [0.05, 0.1) is 25.9 Å². The van der Waals surface area contributed by atoms with Crippen molar-refractivity contribution in [1.82, 2.24) is 0 Å². The maximum atomic E-state index is 12.3. The number of aromatic hydroxyl groups is 1. The summed E-state index contributed by atoms with van der Waals surface area (Å²) in [5.41, 5.74) is 1.95. The van der Waals surface area contributed by atoms with Crippen LogP contribution >= 0.6 is 0 Å². The van der Waals surface area contributed by atoms with Gasteiger partial charge in [-0.05, 0) is 30.9 Å². The Hall–Kier alpha value is -1.79. The molecule has 1 aromatic rings. The highest BCUT2D eigenvalue weighted by Gasteiger charge is 2.49. The summed E-state index contributed by atoms with van der Waals surface area (Å²) in [7, 11) is 1.30. The fourth-order valence-corrected chi connectivity index (χ4v) is 4.60. The van der Waals surface area contributed by atoms with Crippen LogP contribution in [0.2, 0.25) is 0 Å². The van der Waals surface area contributed by atoms with E-state index in [2.05, 4.69) is 6.92 Å². The van der Waals surface area contributed by atoms with Crippen molar-refractivity contribution in [3.8, 4) is 11.5 Å². The minimum absolute atomic E-state index is 0.0730. The number of hydrogen-bond acceptors (Lipinski definition) is 6. The Bertz CT molecular complexity index is 722. The Morgan fingerprint density at radius 2 is 2.26 bits per heavy atom. The van der Waals surface area contributed by atoms with Crippen molar-refractivity contribution in [2.24, 2.45) is 0 Å². The van der Waals surface area contributed by atoms with Crippen LogP contribution < -0.4 is 4.74 Å². The minimum Gasteiger partial charge on any atom is -0.507 e. The number of rotatable bonds is 5. The van der Waals surface area contributed by atoms with Crippen LogP contribution in [-0.2, 0) is 20.6 Å². The summed E-state index contributed by atoms with van der Waals surface area (Å²) in [5.74, 6) is -1.11. The molecular weight excluding hydrogens is 348 g/mol. The van der Waals surface area contributed by atoms with Gasteiger partial charge in [0, 0.05) is 18.4 Å². The first kappa shape index (κ1) is 18.6. The number of esters is 1. The van der Waals surface area contributed by atoms with Crippen molar-refractivity contribution >= 4 is 5.97 Å². The predicted octanol–water partition coefficient (Wildman–Crippen LogP) is 4.03. The maximum absolute atomic E-state index is 12.3. The number of ether oxygens (including phenoxy) is 4. The van der Waals surface area contributed by atoms with E-state index in [0.29, 0.717) is 18.8 Å². The monoisotopic (exact) mass is 376 g/mol. The van der Waals surface area contributed by atoms with Gasteiger partial charge in [0.15, 0.2) is 0 Å². The molecule has 3 aliphatic rings. The Morgan fingerprint density at radius 1 is 1.41 bits per heavy atom. The fraction of sp³-hybridized carbons (Fsp3) is 0.667. The molecule has 1 fully saturated rings. The molecule has 0 aliphatic carbocycles. The zero-order chi connectivity index (χ0) is 19.0. The molecule has 0 saturated carbocycles. The second-order valence-corrected chi connectivity index (χ2v) is 7.78. The molecule has 1 aromatic carbocycles. The van der Waals surface area contributed by atoms with E-state index in [1.54, 1.807) is 6.07 Å². The first-order valence-corrected chi connectivity index (χ1v) is 10.0. The molecule has 0 unspecified atom stereocenters. The van der Waals surface area contributed by atoms with E-state index in [-0.39, 0.29) is 23.5 Å². The van der Waals surface area contributed by atoms with Crippen molar-refractivity contribution < 1.29 is 28.8 Å². The molecule has 3 atom stereocenters. The average Bonchev–Trinajstić information content (AvgIpc) is 3.08. The van der Waals surface area contributed by atoms with Crippen molar-refractivity contribution in [2.45, 2.75) is 76.3 Å². The van der Waals surface area contributed by atoms with E-state index >= 15 is 0 Å². The van der Waals surface area contributed by atoms with Crippen molar-refractivity contribution in [2.75, 3.05) is 13.7 Å². The minimum atomic E-state index is -0.781. The van der Waals surface area contributed by atoms with Gasteiger partial charge < -0.3 is 24.1 Å². The number of methoxy groups -OCH3 is 1. The second-order valence-electron chi connectivity index (χ2n) is 7.78. The molecule has 1 spiro atoms. The molecule has 6 nitrogen and oxygen atoms in total. The molecule has 0 bridgehead atoms. The average molecular weight is 376 g/mol. The van der Waals surface area contributed by atoms with Crippen molar-refractivity contribution in [3.05, 3.63) is 22.8 Å². The van der Waals surface area contributed by atoms with Gasteiger partial charge in [0.25, 0.3) is 0 Å². The topological polar surface area (TPSA) is 74.2 Å². The molecule has 3 aliphatic heterocycles. The third kappa shape index (κ3) is 3.29. The van der Waals surface area contributed by atoms with E-state index in [1.807, 2.05) is 0 Å². The molecule has 3 heterocycles. The van der Waals surface area contributed by atoms with Gasteiger partial charge >= 0.3 is 5.97 Å². The largest absolute Gasteiger partial charge is 0.507 e. The van der Waals surface area contributed by atoms with Gasteiger partial charge in [-0.2, -0.15) is 0 Å². The predicted molar refractivity (Wildman–Crippen MR) is 98.1 cm³/mol. The van der Waals surface area contributed by atoms with E-state index in [0.717, 1.165) is 43.2 Å². The highest BCUT2D eigenvalue weighted by Crippen LogP contribution is 2.53. The van der Waals surface area contributed by atoms with Gasteiger partial charge in [-0.25, -0.2) is 4.79 Å². The van der Waals surface area contributed by atoms with Crippen LogP contribution in [0, 0.1) is 0 Å². The Kier molecular flexibility index (Phi) is 5.03. The van der Waals surface area contributed by atoms with Gasteiger partial charge in [0.2, 0.25) is 5.79 Å². The first-order chi connectivity index (χ1) is 13.1. The summed E-state index contributed by atoms with van der Waals surface area (Å²) in [6, 6.07) is 1.68. The molecule has 0 aromatic heterocycles. The standard InChI is InChI=1S/C21H28O6/c1-3-4-5-7-14-10-13-11-15(22)18(20(23)24-2)19-17(13)16(26-14)12-21(27-19)8-6-9-25-21/h11,14,16,22H,3-10,12H2,1-2H3/t14-,16+,21-/m1/s1. The zero-order valence-corrected chi connectivity index (χ0v) is 16.1. The maximum Gasteiger partial charge on any atom is 0.345 e. The Balaban J connectivity index is 1.75. The number of benzene rings is 1. The highest BCUT2D eigenvalue weighted by atomic mass is 16.7. The number of unbranched alkanes of at least 4 members (excludes halogenated alkanes) is 2. The molecule has 4 rings (SSSR count). The molecule has 1 N–H and O–H groups in total. The molecule has 0 amide bonds. The summed E-state index contributed by atoms with van der Waals surface area (Å²) >= 11 is 0. The third-order valence-corrected chi connectivity index (χ3v) is 5.88. The third-order valence-electron chi connectivity index (χ3n) is 5.88. The van der Waals surface area contributed by atoms with Gasteiger partial charge in [0.1, 0.15) is 17.1 Å². The van der Waals surface area contributed by atoms with Crippen LogP contribution in [0.3, 0.4) is 0 Å². The summed E-state index contributed by atoms with van der Waals surface area (Å²) in [6.45, 7) is 2.82. The number of hydrogen-bond donors (Lipinski definition) is 1. The number of carbonyl (C=O) groups is 1. The quantitative estimate of drug-likeness (QED) is 0.618. The van der Waals surface area contributed by atoms with E-state index in [4.69, 9.17) is 18.9 Å². The lowest BCUT2D eigenvalue weighted by molar-refractivity contribution is -0.197. The normalized spacial score (nSPS) is 28.7. The van der Waals surface area contributed by atoms with Crippen molar-refractivity contribution in [3.63, 3.8) is 0 Å². The first-order valence-electron chi connectivity index (χ1n) is 10.0. The molecule has 6 heteroatoms. The fourth-order valence-electron chi connectivity index (χ4n) is 4.60. The Labute approximate surface area is 159 Å². The van der Waals surface area contributed by atoms with Crippen LogP contribution in [-0.4, -0.2) is 36.7 Å². The van der Waals surface area contributed by atoms with Crippen LogP contribution in [0.15, 0.2) is 6.07 Å². The Morgan fingerprint density at radius 3 is 2.96 bits per heavy atom. The molecule has 27 heavy (non-hydrogen) atoms. The summed E-state index contributed by atoms with van der Waals surface area (Å²) in [5, 5.41) is 10.6. The van der Waals surface area contributed by atoms with E-state index in [1.165, 1.54) is 20.0 Å². The van der Waals surface area contributed by atoms with E-state index in [9.17, 15) is 9.90 Å². The smallest absolute Gasteiger partial charge is 0.345 e. The lowest BCUT2D eigenvalue weighted by atomic mass is 9.84. The highest BCUT2D eigenvalue weighted by molar-refractivity contribution is 5.96. The SMILES string of the molecule is CCCCC[C@@H]1Cc2cc(O)c(C(=O)OC)c3c2[C@H](C[C@@]2(CCCO2)O3)O1. The lowest BCUT2D eigenvalue weighted by Crippen LogP contribution is -2.44. The summed E-state index contributed by atoms with van der Waals surface area (Å²) < 4.78 is 23.5. The molecule has 0 radical (unpaired) electrons. The van der Waals surface area contributed by atoms with Gasteiger partial charge in [-0.3, -0.25) is 0 Å². The summed E-state index contributed by atoms with van der Waals surface area (Å²) in [4.78, 5) is 12.3. The number of phenolic OH excluding ortho intramolecular Hbond substituents is 1. The molecule has 148 valence electrons.